The monoisotopic (exact) mass is 229 g/mol. The van der Waals surface area contributed by atoms with Gasteiger partial charge in [0.25, 0.3) is 0 Å². The van der Waals surface area contributed by atoms with Gasteiger partial charge in [-0.2, -0.15) is 0 Å². The van der Waals surface area contributed by atoms with Crippen molar-refractivity contribution in [1.29, 1.82) is 0 Å². The lowest BCUT2D eigenvalue weighted by Gasteiger charge is -2.02. The topological polar surface area (TPSA) is 64.3 Å². The second-order valence-electron chi connectivity index (χ2n) is 3.81. The van der Waals surface area contributed by atoms with E-state index in [2.05, 4.69) is 10.2 Å². The standard InChI is InChI=1S/C12H11N3O2/c1-9-2-4-10(5-3-9)6-15-7-11(13-8-15)12(16)14-17/h2-5,7-8H,6H2,1H3. The Bertz CT molecular complexity index is 543. The van der Waals surface area contributed by atoms with E-state index in [1.165, 1.54) is 18.1 Å². The zero-order valence-electron chi connectivity index (χ0n) is 9.33. The van der Waals surface area contributed by atoms with E-state index in [9.17, 15) is 9.70 Å². The fourth-order valence-corrected chi connectivity index (χ4v) is 1.51. The molecule has 1 aromatic carbocycles. The van der Waals surface area contributed by atoms with Crippen molar-refractivity contribution in [2.24, 2.45) is 5.18 Å². The Kier molecular flexibility index (Phi) is 3.09. The first-order valence-electron chi connectivity index (χ1n) is 5.14. The van der Waals surface area contributed by atoms with Crippen LogP contribution in [0.3, 0.4) is 0 Å². The molecule has 0 saturated heterocycles. The van der Waals surface area contributed by atoms with Crippen LogP contribution in [-0.2, 0) is 6.54 Å². The second kappa shape index (κ2) is 4.69. The molecule has 5 heteroatoms. The van der Waals surface area contributed by atoms with Crippen LogP contribution in [0.2, 0.25) is 0 Å². The van der Waals surface area contributed by atoms with Gasteiger partial charge in [0.2, 0.25) is 0 Å². The first kappa shape index (κ1) is 11.2. The lowest BCUT2D eigenvalue weighted by molar-refractivity contribution is 0.0996. The first-order chi connectivity index (χ1) is 8.19. The van der Waals surface area contributed by atoms with Gasteiger partial charge in [-0.3, -0.25) is 4.79 Å². The molecule has 0 aliphatic heterocycles. The van der Waals surface area contributed by atoms with Gasteiger partial charge in [-0.15, -0.1) is 4.91 Å². The zero-order chi connectivity index (χ0) is 12.3. The number of amides is 1. The van der Waals surface area contributed by atoms with Crippen molar-refractivity contribution in [3.05, 3.63) is 58.5 Å². The minimum Gasteiger partial charge on any atom is -0.332 e. The van der Waals surface area contributed by atoms with Crippen molar-refractivity contribution in [3.8, 4) is 0 Å². The maximum absolute atomic E-state index is 11.0. The molecule has 0 aliphatic carbocycles. The number of benzene rings is 1. The van der Waals surface area contributed by atoms with Crippen LogP contribution in [-0.4, -0.2) is 15.5 Å². The Hall–Kier alpha value is -2.30. The Labute approximate surface area is 98.1 Å². The molecule has 1 aromatic heterocycles. The molecular weight excluding hydrogens is 218 g/mol. The lowest BCUT2D eigenvalue weighted by Crippen LogP contribution is -1.97. The third-order valence-electron chi connectivity index (χ3n) is 2.42. The fraction of sp³-hybridized carbons (Fsp3) is 0.167. The van der Waals surface area contributed by atoms with Gasteiger partial charge >= 0.3 is 5.91 Å². The van der Waals surface area contributed by atoms with Gasteiger partial charge in [0.05, 0.1) is 6.33 Å². The van der Waals surface area contributed by atoms with Crippen molar-refractivity contribution in [2.45, 2.75) is 13.5 Å². The van der Waals surface area contributed by atoms with E-state index in [0.717, 1.165) is 5.56 Å². The fourth-order valence-electron chi connectivity index (χ4n) is 1.51. The molecule has 0 radical (unpaired) electrons. The van der Waals surface area contributed by atoms with E-state index in [4.69, 9.17) is 0 Å². The molecule has 0 fully saturated rings. The van der Waals surface area contributed by atoms with Gasteiger partial charge in [-0.25, -0.2) is 4.98 Å². The molecule has 0 aliphatic rings. The van der Waals surface area contributed by atoms with Crippen LogP contribution in [0.4, 0.5) is 0 Å². The summed E-state index contributed by atoms with van der Waals surface area (Å²) in [7, 11) is 0. The molecule has 0 unspecified atom stereocenters. The number of hydrogen-bond donors (Lipinski definition) is 0. The van der Waals surface area contributed by atoms with Crippen LogP contribution in [0.25, 0.3) is 0 Å². The number of nitroso groups, excluding NO2 is 1. The Morgan fingerprint density at radius 1 is 1.35 bits per heavy atom. The minimum absolute atomic E-state index is 0.0760. The molecule has 2 aromatic rings. The van der Waals surface area contributed by atoms with E-state index in [1.54, 1.807) is 4.57 Å². The largest absolute Gasteiger partial charge is 0.336 e. The highest BCUT2D eigenvalue weighted by Gasteiger charge is 2.09. The van der Waals surface area contributed by atoms with Crippen molar-refractivity contribution in [3.63, 3.8) is 0 Å². The highest BCUT2D eigenvalue weighted by Crippen LogP contribution is 2.06. The summed E-state index contributed by atoms with van der Waals surface area (Å²) in [6, 6.07) is 8.06. The molecular formula is C12H11N3O2. The average Bonchev–Trinajstić information content (AvgIpc) is 2.80. The Balaban J connectivity index is 2.14. The van der Waals surface area contributed by atoms with Gasteiger partial charge in [-0.1, -0.05) is 29.8 Å². The lowest BCUT2D eigenvalue weighted by atomic mass is 10.1. The van der Waals surface area contributed by atoms with E-state index < -0.39 is 5.91 Å². The predicted molar refractivity (Wildman–Crippen MR) is 62.6 cm³/mol. The smallest absolute Gasteiger partial charge is 0.332 e. The summed E-state index contributed by atoms with van der Waals surface area (Å²) >= 11 is 0. The maximum atomic E-state index is 11.0. The SMILES string of the molecule is Cc1ccc(Cn2cnc(C(=O)N=O)c2)cc1. The van der Waals surface area contributed by atoms with Gasteiger partial charge in [-0.05, 0) is 12.5 Å². The summed E-state index contributed by atoms with van der Waals surface area (Å²) in [5.41, 5.74) is 2.37. The first-order valence-corrected chi connectivity index (χ1v) is 5.14. The van der Waals surface area contributed by atoms with Crippen LogP contribution in [0, 0.1) is 11.8 Å². The number of carbonyl (C=O) groups excluding carboxylic acids is 1. The normalized spacial score (nSPS) is 10.2. The minimum atomic E-state index is -0.840. The maximum Gasteiger partial charge on any atom is 0.336 e. The van der Waals surface area contributed by atoms with Gasteiger partial charge in [0, 0.05) is 17.9 Å². The third kappa shape index (κ3) is 2.63. The van der Waals surface area contributed by atoms with Crippen LogP contribution in [0.5, 0.6) is 0 Å². The van der Waals surface area contributed by atoms with Gasteiger partial charge < -0.3 is 4.57 Å². The number of imidazole rings is 1. The Morgan fingerprint density at radius 2 is 2.06 bits per heavy atom. The van der Waals surface area contributed by atoms with Crippen molar-refractivity contribution < 1.29 is 4.79 Å². The van der Waals surface area contributed by atoms with Crippen LogP contribution in [0.15, 0.2) is 42.0 Å². The van der Waals surface area contributed by atoms with Crippen LogP contribution < -0.4 is 0 Å². The molecule has 17 heavy (non-hydrogen) atoms. The summed E-state index contributed by atoms with van der Waals surface area (Å²) in [6.07, 6.45) is 3.03. The van der Waals surface area contributed by atoms with Crippen molar-refractivity contribution in [1.82, 2.24) is 9.55 Å². The van der Waals surface area contributed by atoms with E-state index in [-0.39, 0.29) is 5.69 Å². The predicted octanol–water partition coefficient (Wildman–Crippen LogP) is 2.15. The van der Waals surface area contributed by atoms with Crippen LogP contribution >= 0.6 is 0 Å². The summed E-state index contributed by atoms with van der Waals surface area (Å²) in [5, 5.41) is 2.33. The third-order valence-corrected chi connectivity index (χ3v) is 2.42. The number of nitrogens with zero attached hydrogens (tertiary/aromatic N) is 3. The Morgan fingerprint density at radius 3 is 2.71 bits per heavy atom. The van der Waals surface area contributed by atoms with Crippen molar-refractivity contribution in [2.75, 3.05) is 0 Å². The highest BCUT2D eigenvalue weighted by molar-refractivity contribution is 5.92. The number of carbonyl (C=O) groups is 1. The molecule has 0 spiro atoms. The quantitative estimate of drug-likeness (QED) is 0.757. The van der Waals surface area contributed by atoms with E-state index in [0.29, 0.717) is 6.54 Å². The number of rotatable bonds is 3. The zero-order valence-corrected chi connectivity index (χ0v) is 9.33. The molecule has 5 nitrogen and oxygen atoms in total. The van der Waals surface area contributed by atoms with Gasteiger partial charge in [0.15, 0.2) is 5.69 Å². The summed E-state index contributed by atoms with van der Waals surface area (Å²) in [5.74, 6) is -0.840. The molecule has 0 bridgehead atoms. The van der Waals surface area contributed by atoms with E-state index in [1.807, 2.05) is 31.2 Å². The average molecular weight is 229 g/mol. The summed E-state index contributed by atoms with van der Waals surface area (Å²) in [6.45, 7) is 2.63. The molecule has 0 N–H and O–H groups in total. The molecule has 1 heterocycles. The second-order valence-corrected chi connectivity index (χ2v) is 3.81. The summed E-state index contributed by atoms with van der Waals surface area (Å²) in [4.78, 5) is 24.9. The molecule has 86 valence electrons. The highest BCUT2D eigenvalue weighted by atomic mass is 16.3. The molecule has 1 amide bonds. The number of aromatic nitrogens is 2. The number of hydrogen-bond acceptors (Lipinski definition) is 3. The number of aryl methyl sites for hydroxylation is 1. The summed E-state index contributed by atoms with van der Waals surface area (Å²) < 4.78 is 1.74. The van der Waals surface area contributed by atoms with Crippen molar-refractivity contribution >= 4 is 5.91 Å². The molecule has 2 rings (SSSR count). The van der Waals surface area contributed by atoms with Gasteiger partial charge in [0.1, 0.15) is 0 Å². The van der Waals surface area contributed by atoms with E-state index >= 15 is 0 Å². The molecule has 0 saturated carbocycles. The van der Waals surface area contributed by atoms with Crippen LogP contribution in [0.1, 0.15) is 21.6 Å². The molecule has 0 atom stereocenters.